The summed E-state index contributed by atoms with van der Waals surface area (Å²) in [7, 11) is 0. The van der Waals surface area contributed by atoms with Gasteiger partial charge in [0.15, 0.2) is 6.10 Å². The van der Waals surface area contributed by atoms with E-state index in [-0.39, 0.29) is 12.4 Å². The van der Waals surface area contributed by atoms with Gasteiger partial charge in [0.2, 0.25) is 0 Å². The molecule has 0 bridgehead atoms. The Morgan fingerprint density at radius 1 is 1.50 bits per heavy atom. The Labute approximate surface area is 102 Å². The first-order valence-electron chi connectivity index (χ1n) is 5.30. The molecule has 0 aliphatic carbocycles. The van der Waals surface area contributed by atoms with E-state index in [1.165, 1.54) is 0 Å². The van der Waals surface area contributed by atoms with Gasteiger partial charge in [-0.3, -0.25) is 0 Å². The van der Waals surface area contributed by atoms with E-state index in [1.807, 2.05) is 6.07 Å². The molecule has 1 saturated heterocycles. The normalized spacial score (nSPS) is 20.6. The lowest BCUT2D eigenvalue weighted by molar-refractivity contribution is -0.137. The van der Waals surface area contributed by atoms with Crippen LogP contribution in [0.15, 0.2) is 18.3 Å². The molecule has 0 saturated carbocycles. The third-order valence-electron chi connectivity index (χ3n) is 2.61. The first kappa shape index (κ1) is 12.6. The van der Waals surface area contributed by atoms with Crippen molar-refractivity contribution < 1.29 is 17.9 Å². The van der Waals surface area contributed by atoms with Crippen LogP contribution in [0.5, 0.6) is 0 Å². The molecule has 0 aromatic carbocycles. The van der Waals surface area contributed by atoms with E-state index in [2.05, 4.69) is 4.98 Å². The number of alkyl halides is 3. The third-order valence-corrected chi connectivity index (χ3v) is 2.61. The zero-order valence-electron chi connectivity index (χ0n) is 9.31. The van der Waals surface area contributed by atoms with E-state index in [0.717, 1.165) is 18.3 Å². The van der Waals surface area contributed by atoms with Crippen LogP contribution in [0.3, 0.4) is 0 Å². The van der Waals surface area contributed by atoms with Crippen LogP contribution in [0.2, 0.25) is 0 Å². The summed E-state index contributed by atoms with van der Waals surface area (Å²) < 4.78 is 42.8. The molecule has 1 aliphatic rings. The molecule has 0 spiro atoms. The second kappa shape index (κ2) is 4.82. The summed E-state index contributed by atoms with van der Waals surface area (Å²) in [5.74, 6) is 0.216. The highest BCUT2D eigenvalue weighted by atomic mass is 19.4. The van der Waals surface area contributed by atoms with Crippen molar-refractivity contribution in [3.8, 4) is 6.07 Å². The number of halogens is 3. The second-order valence-corrected chi connectivity index (χ2v) is 3.84. The summed E-state index contributed by atoms with van der Waals surface area (Å²) in [6.07, 6.45) is -3.90. The number of aromatic nitrogens is 1. The van der Waals surface area contributed by atoms with Gasteiger partial charge < -0.3 is 9.64 Å². The van der Waals surface area contributed by atoms with Crippen molar-refractivity contribution in [1.82, 2.24) is 4.98 Å². The topological polar surface area (TPSA) is 49.2 Å². The molecule has 1 aromatic heterocycles. The molecule has 1 unspecified atom stereocenters. The van der Waals surface area contributed by atoms with Gasteiger partial charge in [0, 0.05) is 12.7 Å². The van der Waals surface area contributed by atoms with Crippen LogP contribution in [0.25, 0.3) is 0 Å². The maximum absolute atomic E-state index is 12.6. The molecule has 0 N–H and O–H groups in total. The molecule has 1 aromatic rings. The zero-order valence-corrected chi connectivity index (χ0v) is 9.31. The van der Waals surface area contributed by atoms with Gasteiger partial charge in [-0.1, -0.05) is 0 Å². The molecular weight excluding hydrogens is 247 g/mol. The molecule has 2 rings (SSSR count). The number of ether oxygens (including phenoxy) is 1. The van der Waals surface area contributed by atoms with E-state index >= 15 is 0 Å². The molecule has 1 fully saturated rings. The number of rotatable bonds is 1. The van der Waals surface area contributed by atoms with E-state index in [1.54, 1.807) is 4.90 Å². The average Bonchev–Trinajstić information content (AvgIpc) is 2.38. The molecule has 1 aliphatic heterocycles. The Kier molecular flexibility index (Phi) is 3.39. The standard InChI is InChI=1S/C11H10F3N3O/c12-11(13,14)8-1-2-16-10(5-8)17-3-4-18-9(6-15)7-17/h1-2,5,9H,3-4,7H2. The number of pyridine rings is 1. The zero-order chi connectivity index (χ0) is 13.2. The van der Waals surface area contributed by atoms with Crippen LogP contribution in [0, 0.1) is 11.3 Å². The van der Waals surface area contributed by atoms with E-state index in [9.17, 15) is 13.2 Å². The van der Waals surface area contributed by atoms with Crippen molar-refractivity contribution in [3.05, 3.63) is 23.9 Å². The Balaban J connectivity index is 2.21. The fourth-order valence-corrected chi connectivity index (χ4v) is 1.70. The lowest BCUT2D eigenvalue weighted by Crippen LogP contribution is -2.42. The lowest BCUT2D eigenvalue weighted by Gasteiger charge is -2.30. The summed E-state index contributed by atoms with van der Waals surface area (Å²) in [5, 5.41) is 8.74. The first-order valence-corrected chi connectivity index (χ1v) is 5.30. The van der Waals surface area contributed by atoms with Gasteiger partial charge in [-0.05, 0) is 12.1 Å². The van der Waals surface area contributed by atoms with Crippen LogP contribution < -0.4 is 4.90 Å². The van der Waals surface area contributed by atoms with Crippen molar-refractivity contribution in [1.29, 1.82) is 5.26 Å². The minimum atomic E-state index is -4.39. The van der Waals surface area contributed by atoms with Gasteiger partial charge in [-0.2, -0.15) is 18.4 Å². The smallest absolute Gasteiger partial charge is 0.360 e. The Morgan fingerprint density at radius 3 is 2.94 bits per heavy atom. The molecule has 0 amide bonds. The van der Waals surface area contributed by atoms with Crippen molar-refractivity contribution in [2.24, 2.45) is 0 Å². The van der Waals surface area contributed by atoms with Crippen molar-refractivity contribution in [3.63, 3.8) is 0 Å². The number of hydrogen-bond acceptors (Lipinski definition) is 4. The quantitative estimate of drug-likeness (QED) is 0.770. The highest BCUT2D eigenvalue weighted by molar-refractivity contribution is 5.42. The van der Waals surface area contributed by atoms with Crippen molar-refractivity contribution in [2.75, 3.05) is 24.6 Å². The van der Waals surface area contributed by atoms with Gasteiger partial charge in [0.1, 0.15) is 5.82 Å². The maximum Gasteiger partial charge on any atom is 0.416 e. The van der Waals surface area contributed by atoms with Crippen LogP contribution >= 0.6 is 0 Å². The number of nitriles is 1. The van der Waals surface area contributed by atoms with Crippen LogP contribution in [-0.2, 0) is 10.9 Å². The third kappa shape index (κ3) is 2.71. The number of nitrogens with zero attached hydrogens (tertiary/aromatic N) is 3. The number of anilines is 1. The Bertz CT molecular complexity index is 469. The van der Waals surface area contributed by atoms with Crippen LogP contribution in [0.1, 0.15) is 5.56 Å². The fraction of sp³-hybridized carbons (Fsp3) is 0.455. The molecule has 7 heteroatoms. The van der Waals surface area contributed by atoms with E-state index in [0.29, 0.717) is 13.2 Å². The highest BCUT2D eigenvalue weighted by Gasteiger charge is 2.31. The van der Waals surface area contributed by atoms with Crippen molar-refractivity contribution in [2.45, 2.75) is 12.3 Å². The summed E-state index contributed by atoms with van der Waals surface area (Å²) in [6.45, 7) is 0.952. The summed E-state index contributed by atoms with van der Waals surface area (Å²) in [5.41, 5.74) is -0.743. The lowest BCUT2D eigenvalue weighted by atomic mass is 10.2. The monoisotopic (exact) mass is 257 g/mol. The van der Waals surface area contributed by atoms with Crippen LogP contribution in [-0.4, -0.2) is 30.8 Å². The number of morpholine rings is 1. The second-order valence-electron chi connectivity index (χ2n) is 3.84. The fourth-order valence-electron chi connectivity index (χ4n) is 1.70. The molecular formula is C11H10F3N3O. The van der Waals surface area contributed by atoms with Gasteiger partial charge in [-0.15, -0.1) is 0 Å². The molecule has 2 heterocycles. The van der Waals surface area contributed by atoms with Crippen LogP contribution in [0.4, 0.5) is 19.0 Å². The Hall–Kier alpha value is -1.81. The van der Waals surface area contributed by atoms with E-state index < -0.39 is 17.8 Å². The Morgan fingerprint density at radius 2 is 2.28 bits per heavy atom. The van der Waals surface area contributed by atoms with Gasteiger partial charge >= 0.3 is 6.18 Å². The van der Waals surface area contributed by atoms with Crippen molar-refractivity contribution >= 4 is 5.82 Å². The SMILES string of the molecule is N#CC1CN(c2cc(C(F)(F)F)ccn2)CCO1. The minimum absolute atomic E-state index is 0.216. The minimum Gasteiger partial charge on any atom is -0.360 e. The predicted octanol–water partition coefficient (Wildman–Crippen LogP) is 1.83. The molecule has 0 radical (unpaired) electrons. The molecule has 96 valence electrons. The summed E-state index contributed by atoms with van der Waals surface area (Å²) >= 11 is 0. The van der Waals surface area contributed by atoms with Gasteiger partial charge in [-0.25, -0.2) is 4.98 Å². The molecule has 1 atom stereocenters. The van der Waals surface area contributed by atoms with Gasteiger partial charge in [0.05, 0.1) is 24.8 Å². The number of hydrogen-bond donors (Lipinski definition) is 0. The largest absolute Gasteiger partial charge is 0.416 e. The summed E-state index contributed by atoms with van der Waals surface area (Å²) in [4.78, 5) is 5.52. The summed E-state index contributed by atoms with van der Waals surface area (Å²) in [6, 6.07) is 3.84. The first-order chi connectivity index (χ1) is 8.50. The average molecular weight is 257 g/mol. The van der Waals surface area contributed by atoms with E-state index in [4.69, 9.17) is 10.00 Å². The molecule has 18 heavy (non-hydrogen) atoms. The predicted molar refractivity (Wildman–Crippen MR) is 56.8 cm³/mol. The highest BCUT2D eigenvalue weighted by Crippen LogP contribution is 2.30. The maximum atomic E-state index is 12.6. The van der Waals surface area contributed by atoms with Gasteiger partial charge in [0.25, 0.3) is 0 Å². The molecule has 4 nitrogen and oxygen atoms in total.